The molecule has 0 heterocycles. The van der Waals surface area contributed by atoms with Crippen LogP contribution in [0.5, 0.6) is 0 Å². The van der Waals surface area contributed by atoms with Gasteiger partial charge < -0.3 is 9.84 Å². The van der Waals surface area contributed by atoms with Gasteiger partial charge in [0, 0.05) is 12.0 Å². The number of hydrogen-bond acceptors (Lipinski definition) is 3. The average Bonchev–Trinajstić information content (AvgIpc) is 2.13. The molecule has 0 aromatic heterocycles. The van der Waals surface area contributed by atoms with E-state index in [1.165, 1.54) is 6.08 Å². The Hall–Kier alpha value is -1.09. The van der Waals surface area contributed by atoms with Crippen molar-refractivity contribution in [1.82, 2.24) is 0 Å². The van der Waals surface area contributed by atoms with Crippen molar-refractivity contribution in [2.24, 2.45) is 5.92 Å². The van der Waals surface area contributed by atoms with Crippen LogP contribution < -0.4 is 0 Å². The summed E-state index contributed by atoms with van der Waals surface area (Å²) in [6.07, 6.45) is 4.65. The number of allylic oxidation sites excluding steroid dienone is 2. The number of esters is 1. The van der Waals surface area contributed by atoms with Crippen LogP contribution in [0.1, 0.15) is 41.5 Å². The van der Waals surface area contributed by atoms with Crippen LogP contribution in [0.4, 0.5) is 0 Å². The van der Waals surface area contributed by atoms with Gasteiger partial charge in [0.2, 0.25) is 0 Å². The zero-order valence-electron chi connectivity index (χ0n) is 11.7. The molecule has 0 saturated carbocycles. The second-order valence-electron chi connectivity index (χ2n) is 5.09. The van der Waals surface area contributed by atoms with Crippen molar-refractivity contribution in [3.63, 3.8) is 0 Å². The maximum absolute atomic E-state index is 11.6. The Labute approximate surface area is 104 Å². The molecule has 0 aromatic rings. The molecule has 1 N–H and O–H groups in total. The standard InChI is InChI=1S/C14H24O3/c1-7-8-12(11(4)14(5,6)16)17-13(15)9-10(2)3/h7-9,11-12,16H,1-6H3/b8-7+/t11-,12+/m0/s1. The minimum absolute atomic E-state index is 0.173. The molecule has 0 amide bonds. The SMILES string of the molecule is C/C=C/[C@@H](OC(=O)C=C(C)C)[C@H](C)C(C)(C)O. The first-order valence-corrected chi connectivity index (χ1v) is 5.89. The summed E-state index contributed by atoms with van der Waals surface area (Å²) in [5, 5.41) is 9.94. The van der Waals surface area contributed by atoms with E-state index >= 15 is 0 Å². The van der Waals surface area contributed by atoms with E-state index < -0.39 is 11.7 Å². The van der Waals surface area contributed by atoms with Crippen molar-refractivity contribution >= 4 is 5.97 Å². The van der Waals surface area contributed by atoms with Crippen LogP contribution in [-0.4, -0.2) is 22.8 Å². The zero-order valence-corrected chi connectivity index (χ0v) is 11.7. The van der Waals surface area contributed by atoms with E-state index in [4.69, 9.17) is 4.74 Å². The fourth-order valence-corrected chi connectivity index (χ4v) is 1.30. The van der Waals surface area contributed by atoms with Crippen molar-refractivity contribution in [2.75, 3.05) is 0 Å². The van der Waals surface area contributed by atoms with Crippen LogP contribution in [0, 0.1) is 5.92 Å². The lowest BCUT2D eigenvalue weighted by Crippen LogP contribution is -2.38. The Balaban J connectivity index is 4.78. The minimum Gasteiger partial charge on any atom is -0.455 e. The van der Waals surface area contributed by atoms with Gasteiger partial charge >= 0.3 is 5.97 Å². The normalized spacial score (nSPS) is 15.5. The lowest BCUT2D eigenvalue weighted by Gasteiger charge is -2.30. The fraction of sp³-hybridized carbons (Fsp3) is 0.643. The smallest absolute Gasteiger partial charge is 0.331 e. The quantitative estimate of drug-likeness (QED) is 0.456. The number of rotatable bonds is 5. The summed E-state index contributed by atoms with van der Waals surface area (Å²) < 4.78 is 5.33. The highest BCUT2D eigenvalue weighted by atomic mass is 16.5. The maximum atomic E-state index is 11.6. The highest BCUT2D eigenvalue weighted by molar-refractivity contribution is 5.82. The molecule has 0 bridgehead atoms. The van der Waals surface area contributed by atoms with Crippen molar-refractivity contribution in [1.29, 1.82) is 0 Å². The molecule has 98 valence electrons. The third kappa shape index (κ3) is 6.27. The van der Waals surface area contributed by atoms with Crippen molar-refractivity contribution < 1.29 is 14.6 Å². The van der Waals surface area contributed by atoms with Gasteiger partial charge in [-0.15, -0.1) is 0 Å². The van der Waals surface area contributed by atoms with E-state index in [9.17, 15) is 9.90 Å². The topological polar surface area (TPSA) is 46.5 Å². The van der Waals surface area contributed by atoms with E-state index in [0.29, 0.717) is 0 Å². The summed E-state index contributed by atoms with van der Waals surface area (Å²) in [6.45, 7) is 10.8. The van der Waals surface area contributed by atoms with Crippen LogP contribution in [0.2, 0.25) is 0 Å². The van der Waals surface area contributed by atoms with E-state index in [1.807, 2.05) is 33.8 Å². The number of ether oxygens (including phenoxy) is 1. The summed E-state index contributed by atoms with van der Waals surface area (Å²) in [5.41, 5.74) is 0.000226. The van der Waals surface area contributed by atoms with Crippen molar-refractivity contribution in [3.8, 4) is 0 Å². The summed E-state index contributed by atoms with van der Waals surface area (Å²) >= 11 is 0. The Morgan fingerprint density at radius 3 is 2.24 bits per heavy atom. The second kappa shape index (κ2) is 6.60. The molecule has 0 aliphatic rings. The first-order valence-electron chi connectivity index (χ1n) is 5.89. The molecule has 0 aliphatic carbocycles. The van der Waals surface area contributed by atoms with Gasteiger partial charge in [-0.2, -0.15) is 0 Å². The predicted molar refractivity (Wildman–Crippen MR) is 69.6 cm³/mol. The fourth-order valence-electron chi connectivity index (χ4n) is 1.30. The number of carbonyl (C=O) groups excluding carboxylic acids is 1. The first-order chi connectivity index (χ1) is 7.68. The van der Waals surface area contributed by atoms with Gasteiger partial charge in [-0.3, -0.25) is 0 Å². The molecular formula is C14H24O3. The molecule has 3 nitrogen and oxygen atoms in total. The van der Waals surface area contributed by atoms with Crippen LogP contribution in [0.25, 0.3) is 0 Å². The van der Waals surface area contributed by atoms with Crippen LogP contribution in [0.3, 0.4) is 0 Å². The van der Waals surface area contributed by atoms with Gasteiger partial charge in [0.15, 0.2) is 0 Å². The third-order valence-electron chi connectivity index (χ3n) is 2.65. The molecule has 0 aromatic carbocycles. The Bertz CT molecular complexity index is 304. The molecule has 0 rings (SSSR count). The van der Waals surface area contributed by atoms with E-state index in [-0.39, 0.29) is 11.9 Å². The van der Waals surface area contributed by atoms with Crippen molar-refractivity contribution in [2.45, 2.75) is 53.2 Å². The highest BCUT2D eigenvalue weighted by Crippen LogP contribution is 2.23. The predicted octanol–water partition coefficient (Wildman–Crippen LogP) is 2.85. The molecule has 17 heavy (non-hydrogen) atoms. The lowest BCUT2D eigenvalue weighted by atomic mass is 9.87. The second-order valence-corrected chi connectivity index (χ2v) is 5.09. The van der Waals surface area contributed by atoms with Crippen LogP contribution in [0.15, 0.2) is 23.8 Å². The summed E-state index contributed by atoms with van der Waals surface area (Å²) in [4.78, 5) is 11.6. The molecule has 0 radical (unpaired) electrons. The largest absolute Gasteiger partial charge is 0.455 e. The molecule has 0 spiro atoms. The number of carbonyl (C=O) groups is 1. The van der Waals surface area contributed by atoms with Crippen LogP contribution in [-0.2, 0) is 9.53 Å². The first kappa shape index (κ1) is 15.9. The summed E-state index contributed by atoms with van der Waals surface area (Å²) in [5.74, 6) is -0.544. The molecule has 2 atom stereocenters. The zero-order chi connectivity index (χ0) is 13.6. The molecule has 0 saturated heterocycles. The number of hydrogen-bond donors (Lipinski definition) is 1. The molecule has 0 fully saturated rings. The van der Waals surface area contributed by atoms with E-state index in [2.05, 4.69) is 0 Å². The van der Waals surface area contributed by atoms with Crippen LogP contribution >= 0.6 is 0 Å². The Morgan fingerprint density at radius 2 is 1.88 bits per heavy atom. The molecular weight excluding hydrogens is 216 g/mol. The van der Waals surface area contributed by atoms with Gasteiger partial charge in [-0.25, -0.2) is 4.79 Å². The van der Waals surface area contributed by atoms with E-state index in [0.717, 1.165) is 5.57 Å². The van der Waals surface area contributed by atoms with Gasteiger partial charge in [0.05, 0.1) is 5.60 Å². The average molecular weight is 240 g/mol. The molecule has 0 aliphatic heterocycles. The van der Waals surface area contributed by atoms with Gasteiger partial charge in [-0.1, -0.05) is 18.6 Å². The van der Waals surface area contributed by atoms with Gasteiger partial charge in [0.25, 0.3) is 0 Å². The minimum atomic E-state index is -0.893. The maximum Gasteiger partial charge on any atom is 0.331 e. The Morgan fingerprint density at radius 1 is 1.35 bits per heavy atom. The summed E-state index contributed by atoms with van der Waals surface area (Å²) in [7, 11) is 0. The third-order valence-corrected chi connectivity index (χ3v) is 2.65. The van der Waals surface area contributed by atoms with Crippen molar-refractivity contribution in [3.05, 3.63) is 23.8 Å². The molecule has 0 unspecified atom stereocenters. The summed E-state index contributed by atoms with van der Waals surface area (Å²) in [6, 6.07) is 0. The number of aliphatic hydroxyl groups is 1. The highest BCUT2D eigenvalue weighted by Gasteiger charge is 2.30. The van der Waals surface area contributed by atoms with Gasteiger partial charge in [0.1, 0.15) is 6.10 Å². The molecule has 3 heteroatoms. The monoisotopic (exact) mass is 240 g/mol. The van der Waals surface area contributed by atoms with E-state index in [1.54, 1.807) is 19.9 Å². The lowest BCUT2D eigenvalue weighted by molar-refractivity contribution is -0.146. The van der Waals surface area contributed by atoms with Gasteiger partial charge in [-0.05, 0) is 40.7 Å². The Kier molecular flexibility index (Phi) is 6.18.